The van der Waals surface area contributed by atoms with E-state index >= 15 is 0 Å². The van der Waals surface area contributed by atoms with E-state index in [4.69, 9.17) is 4.42 Å². The summed E-state index contributed by atoms with van der Waals surface area (Å²) in [6.07, 6.45) is 2.36. The van der Waals surface area contributed by atoms with E-state index in [1.54, 1.807) is 37.5 Å². The summed E-state index contributed by atoms with van der Waals surface area (Å²) in [5, 5.41) is 0.472. The predicted molar refractivity (Wildman–Crippen MR) is 87.4 cm³/mol. The number of para-hydroxylation sites is 1. The predicted octanol–water partition coefficient (Wildman–Crippen LogP) is 2.50. The summed E-state index contributed by atoms with van der Waals surface area (Å²) in [6, 6.07) is 13.8. The van der Waals surface area contributed by atoms with E-state index in [-0.39, 0.29) is 17.1 Å². The highest BCUT2D eigenvalue weighted by Gasteiger charge is 2.16. The Morgan fingerprint density at radius 3 is 2.74 bits per heavy atom. The molecule has 0 saturated carbocycles. The topological polar surface area (TPSA) is 63.4 Å². The zero-order valence-electron chi connectivity index (χ0n) is 12.7. The van der Waals surface area contributed by atoms with Crippen molar-refractivity contribution < 1.29 is 9.21 Å². The smallest absolute Gasteiger partial charge is 0.289 e. The maximum atomic E-state index is 12.4. The van der Waals surface area contributed by atoms with E-state index in [1.807, 2.05) is 18.2 Å². The molecule has 3 aromatic rings. The lowest BCUT2D eigenvalue weighted by Crippen LogP contribution is -2.29. The Morgan fingerprint density at radius 1 is 1.17 bits per heavy atom. The normalized spacial score (nSPS) is 10.7. The van der Waals surface area contributed by atoms with Gasteiger partial charge in [0.25, 0.3) is 5.91 Å². The quantitative estimate of drug-likeness (QED) is 0.743. The third kappa shape index (κ3) is 3.29. The molecule has 0 N–H and O–H groups in total. The summed E-state index contributed by atoms with van der Waals surface area (Å²) in [5.74, 6) is -0.263. The fraction of sp³-hybridized carbons (Fsp3) is 0.167. The third-order valence-electron chi connectivity index (χ3n) is 3.62. The molecular formula is C18H16N2O3. The van der Waals surface area contributed by atoms with Crippen LogP contribution in [0.4, 0.5) is 0 Å². The number of likely N-dealkylation sites (N-methyl/N-ethyl adjacent to an activating group) is 1. The van der Waals surface area contributed by atoms with Crippen molar-refractivity contribution in [2.45, 2.75) is 6.42 Å². The first kappa shape index (κ1) is 15.0. The van der Waals surface area contributed by atoms with Crippen molar-refractivity contribution in [2.24, 2.45) is 0 Å². The molecule has 0 atom stereocenters. The number of aromatic nitrogens is 1. The van der Waals surface area contributed by atoms with E-state index in [2.05, 4.69) is 4.98 Å². The van der Waals surface area contributed by atoms with Crippen molar-refractivity contribution in [2.75, 3.05) is 13.6 Å². The molecule has 0 spiro atoms. The van der Waals surface area contributed by atoms with Crippen molar-refractivity contribution in [1.82, 2.24) is 9.88 Å². The van der Waals surface area contributed by atoms with Crippen LogP contribution in [0.15, 0.2) is 63.9 Å². The highest BCUT2D eigenvalue weighted by atomic mass is 16.3. The van der Waals surface area contributed by atoms with Crippen molar-refractivity contribution in [1.29, 1.82) is 0 Å². The molecule has 3 rings (SSSR count). The highest BCUT2D eigenvalue weighted by Crippen LogP contribution is 2.13. The molecule has 1 amide bonds. The molecule has 116 valence electrons. The molecule has 2 heterocycles. The molecule has 0 aliphatic heterocycles. The Kier molecular flexibility index (Phi) is 4.19. The molecule has 0 bridgehead atoms. The van der Waals surface area contributed by atoms with Gasteiger partial charge >= 0.3 is 0 Å². The first-order chi connectivity index (χ1) is 11.1. The zero-order valence-corrected chi connectivity index (χ0v) is 12.7. The number of amides is 1. The number of hydrogen-bond donors (Lipinski definition) is 0. The standard InChI is InChI=1S/C18H16N2O3/c1-20(11-9-13-6-4-5-10-19-13)18(22)17-12-15(21)14-7-2-3-8-16(14)23-17/h2-8,10,12H,9,11H2,1H3. The summed E-state index contributed by atoms with van der Waals surface area (Å²) < 4.78 is 5.57. The van der Waals surface area contributed by atoms with Gasteiger partial charge in [0.2, 0.25) is 0 Å². The summed E-state index contributed by atoms with van der Waals surface area (Å²) in [5.41, 5.74) is 1.11. The number of rotatable bonds is 4. The number of benzene rings is 1. The van der Waals surface area contributed by atoms with Crippen molar-refractivity contribution in [3.63, 3.8) is 0 Å². The van der Waals surface area contributed by atoms with Crippen LogP contribution >= 0.6 is 0 Å². The van der Waals surface area contributed by atoms with Crippen molar-refractivity contribution in [3.8, 4) is 0 Å². The third-order valence-corrected chi connectivity index (χ3v) is 3.62. The first-order valence-electron chi connectivity index (χ1n) is 7.33. The van der Waals surface area contributed by atoms with Gasteiger partial charge in [-0.3, -0.25) is 14.6 Å². The molecule has 0 aliphatic rings. The minimum atomic E-state index is -0.316. The van der Waals surface area contributed by atoms with Crippen LogP contribution in [-0.2, 0) is 6.42 Å². The fourth-order valence-electron chi connectivity index (χ4n) is 2.33. The summed E-state index contributed by atoms with van der Waals surface area (Å²) >= 11 is 0. The van der Waals surface area contributed by atoms with E-state index in [0.717, 1.165) is 5.69 Å². The minimum Gasteiger partial charge on any atom is -0.451 e. The number of fused-ring (bicyclic) bond motifs is 1. The highest BCUT2D eigenvalue weighted by molar-refractivity contribution is 5.93. The Hall–Kier alpha value is -2.95. The number of nitrogens with zero attached hydrogens (tertiary/aromatic N) is 2. The van der Waals surface area contributed by atoms with Crippen LogP contribution in [0, 0.1) is 0 Å². The fourth-order valence-corrected chi connectivity index (χ4v) is 2.33. The molecular weight excluding hydrogens is 292 g/mol. The molecule has 0 fully saturated rings. The molecule has 0 unspecified atom stereocenters. The van der Waals surface area contributed by atoms with Gasteiger partial charge in [0.15, 0.2) is 11.2 Å². The lowest BCUT2D eigenvalue weighted by Gasteiger charge is -2.16. The lowest BCUT2D eigenvalue weighted by atomic mass is 10.2. The first-order valence-corrected chi connectivity index (χ1v) is 7.33. The Balaban J connectivity index is 1.78. The zero-order chi connectivity index (χ0) is 16.2. The SMILES string of the molecule is CN(CCc1ccccn1)C(=O)c1cc(=O)c2ccccc2o1. The van der Waals surface area contributed by atoms with Gasteiger partial charge in [0, 0.05) is 38.0 Å². The van der Waals surface area contributed by atoms with Gasteiger partial charge in [-0.05, 0) is 24.3 Å². The average molecular weight is 308 g/mol. The second-order valence-electron chi connectivity index (χ2n) is 5.27. The van der Waals surface area contributed by atoms with E-state index in [9.17, 15) is 9.59 Å². The average Bonchev–Trinajstić information content (AvgIpc) is 2.60. The molecule has 0 saturated heterocycles. The van der Waals surface area contributed by atoms with Crippen molar-refractivity contribution in [3.05, 3.63) is 76.4 Å². The van der Waals surface area contributed by atoms with Gasteiger partial charge in [-0.15, -0.1) is 0 Å². The number of carbonyl (C=O) groups is 1. The van der Waals surface area contributed by atoms with Crippen LogP contribution in [0.1, 0.15) is 16.2 Å². The van der Waals surface area contributed by atoms with Gasteiger partial charge < -0.3 is 9.32 Å². The molecule has 0 radical (unpaired) electrons. The van der Waals surface area contributed by atoms with E-state index in [0.29, 0.717) is 23.9 Å². The van der Waals surface area contributed by atoms with Gasteiger partial charge in [0.05, 0.1) is 5.39 Å². The number of hydrogen-bond acceptors (Lipinski definition) is 4. The minimum absolute atomic E-state index is 0.0530. The van der Waals surface area contributed by atoms with Crippen LogP contribution < -0.4 is 5.43 Å². The Labute approximate surface area is 133 Å². The Morgan fingerprint density at radius 2 is 1.96 bits per heavy atom. The molecule has 5 heteroatoms. The molecule has 0 aliphatic carbocycles. The van der Waals surface area contributed by atoms with Crippen LogP contribution in [0.25, 0.3) is 11.0 Å². The number of carbonyl (C=O) groups excluding carboxylic acids is 1. The summed E-state index contributed by atoms with van der Waals surface area (Å²) in [4.78, 5) is 30.3. The summed E-state index contributed by atoms with van der Waals surface area (Å²) in [6.45, 7) is 0.492. The maximum Gasteiger partial charge on any atom is 0.289 e. The summed E-state index contributed by atoms with van der Waals surface area (Å²) in [7, 11) is 1.68. The van der Waals surface area contributed by atoms with Crippen LogP contribution in [-0.4, -0.2) is 29.4 Å². The molecule has 1 aromatic carbocycles. The molecule has 2 aromatic heterocycles. The van der Waals surface area contributed by atoms with Crippen LogP contribution in [0.5, 0.6) is 0 Å². The lowest BCUT2D eigenvalue weighted by molar-refractivity contribution is 0.0765. The van der Waals surface area contributed by atoms with E-state index in [1.165, 1.54) is 11.0 Å². The van der Waals surface area contributed by atoms with Gasteiger partial charge in [-0.25, -0.2) is 0 Å². The second-order valence-corrected chi connectivity index (χ2v) is 5.27. The Bertz CT molecular complexity index is 887. The van der Waals surface area contributed by atoms with Gasteiger partial charge in [-0.2, -0.15) is 0 Å². The molecule has 5 nitrogen and oxygen atoms in total. The second kappa shape index (κ2) is 6.44. The van der Waals surface area contributed by atoms with E-state index < -0.39 is 0 Å². The molecule has 23 heavy (non-hydrogen) atoms. The van der Waals surface area contributed by atoms with Gasteiger partial charge in [0.1, 0.15) is 5.58 Å². The largest absolute Gasteiger partial charge is 0.451 e. The van der Waals surface area contributed by atoms with Crippen LogP contribution in [0.3, 0.4) is 0 Å². The van der Waals surface area contributed by atoms with Gasteiger partial charge in [-0.1, -0.05) is 18.2 Å². The maximum absolute atomic E-state index is 12.4. The monoisotopic (exact) mass is 308 g/mol. The van der Waals surface area contributed by atoms with Crippen molar-refractivity contribution >= 4 is 16.9 Å². The number of pyridine rings is 1. The van der Waals surface area contributed by atoms with Crippen LogP contribution in [0.2, 0.25) is 0 Å².